The van der Waals surface area contributed by atoms with E-state index in [0.29, 0.717) is 6.42 Å². The molecule has 3 rings (SSSR count). The number of hydrogen-bond donors (Lipinski definition) is 4. The van der Waals surface area contributed by atoms with Crippen LogP contribution < -0.4 is 16.0 Å². The predicted molar refractivity (Wildman–Crippen MR) is 185 cm³/mol. The van der Waals surface area contributed by atoms with E-state index < -0.39 is 58.5 Å². The molecule has 0 spiro atoms. The molecule has 0 aliphatic rings. The molecule has 4 atom stereocenters. The number of rotatable bonds is 17. The molecule has 0 radical (unpaired) electrons. The minimum atomic E-state index is -4.31. The van der Waals surface area contributed by atoms with Crippen LogP contribution in [0.3, 0.4) is 0 Å². The highest BCUT2D eigenvalue weighted by molar-refractivity contribution is 7.89. The molecule has 3 aromatic carbocycles. The van der Waals surface area contributed by atoms with Gasteiger partial charge in [-0.25, -0.2) is 17.6 Å². The van der Waals surface area contributed by atoms with Crippen molar-refractivity contribution in [2.24, 2.45) is 11.8 Å². The largest absolute Gasteiger partial charge is 0.445 e. The topological polar surface area (TPSA) is 154 Å². The number of amides is 3. The zero-order chi connectivity index (χ0) is 36.1. The van der Waals surface area contributed by atoms with Crippen LogP contribution in [0.1, 0.15) is 52.2 Å². The number of hydrogen-bond acceptors (Lipinski definition) is 7. The first-order valence-electron chi connectivity index (χ1n) is 16.3. The lowest BCUT2D eigenvalue weighted by atomic mass is 9.96. The van der Waals surface area contributed by atoms with Gasteiger partial charge in [-0.1, -0.05) is 94.8 Å². The minimum Gasteiger partial charge on any atom is -0.445 e. The first kappa shape index (κ1) is 39.1. The van der Waals surface area contributed by atoms with E-state index in [1.807, 2.05) is 81.4 Å². The van der Waals surface area contributed by atoms with Gasteiger partial charge in [-0.15, -0.1) is 0 Å². The van der Waals surface area contributed by atoms with Crippen LogP contribution in [0.25, 0.3) is 0 Å². The summed E-state index contributed by atoms with van der Waals surface area (Å²) in [6.07, 6.45) is -1.49. The Morgan fingerprint density at radius 1 is 0.898 bits per heavy atom. The van der Waals surface area contributed by atoms with Gasteiger partial charge >= 0.3 is 6.09 Å². The fourth-order valence-corrected chi connectivity index (χ4v) is 6.78. The van der Waals surface area contributed by atoms with Crippen molar-refractivity contribution in [2.45, 2.75) is 77.2 Å². The van der Waals surface area contributed by atoms with Gasteiger partial charge in [-0.3, -0.25) is 9.59 Å². The lowest BCUT2D eigenvalue weighted by molar-refractivity contribution is -0.126. The molecule has 0 bridgehead atoms. The molecule has 49 heavy (non-hydrogen) atoms. The van der Waals surface area contributed by atoms with E-state index in [1.54, 1.807) is 6.92 Å². The Morgan fingerprint density at radius 3 is 2.08 bits per heavy atom. The zero-order valence-electron chi connectivity index (χ0n) is 28.6. The van der Waals surface area contributed by atoms with Crippen molar-refractivity contribution in [3.8, 4) is 0 Å². The normalized spacial score (nSPS) is 14.1. The van der Waals surface area contributed by atoms with Gasteiger partial charge in [0.25, 0.3) is 0 Å². The van der Waals surface area contributed by atoms with Gasteiger partial charge < -0.3 is 25.8 Å². The molecule has 0 saturated heterocycles. The zero-order valence-corrected chi connectivity index (χ0v) is 29.4. The van der Waals surface area contributed by atoms with E-state index in [0.717, 1.165) is 33.6 Å². The molecule has 0 fully saturated rings. The number of alkyl carbamates (subject to hydrolysis) is 1. The molecule has 11 nitrogen and oxygen atoms in total. The fourth-order valence-electron chi connectivity index (χ4n) is 5.13. The molecule has 0 unspecified atom stereocenters. The van der Waals surface area contributed by atoms with Crippen molar-refractivity contribution < 1.29 is 37.0 Å². The Balaban J connectivity index is 1.88. The molecule has 3 amide bonds. The molecule has 4 N–H and O–H groups in total. The number of carbonyl (C=O) groups is 3. The molecule has 13 heteroatoms. The van der Waals surface area contributed by atoms with Crippen molar-refractivity contribution in [1.82, 2.24) is 14.9 Å². The molecule has 0 heterocycles. The summed E-state index contributed by atoms with van der Waals surface area (Å²) in [5, 5.41) is 19.5. The average molecular weight is 699 g/mol. The van der Waals surface area contributed by atoms with Gasteiger partial charge in [-0.2, -0.15) is 4.31 Å². The fraction of sp³-hybridized carbons (Fsp3) is 0.417. The van der Waals surface area contributed by atoms with Crippen LogP contribution in [0, 0.1) is 17.7 Å². The molecular weight excluding hydrogens is 651 g/mol. The second-order valence-electron chi connectivity index (χ2n) is 12.5. The lowest BCUT2D eigenvalue weighted by Crippen LogP contribution is -2.57. The summed E-state index contributed by atoms with van der Waals surface area (Å²) in [5.74, 6) is -2.42. The van der Waals surface area contributed by atoms with Crippen LogP contribution >= 0.6 is 0 Å². The Bertz CT molecular complexity index is 1640. The Kier molecular flexibility index (Phi) is 14.7. The monoisotopic (exact) mass is 698 g/mol. The van der Waals surface area contributed by atoms with E-state index in [1.165, 1.54) is 6.92 Å². The van der Waals surface area contributed by atoms with Crippen molar-refractivity contribution in [2.75, 3.05) is 18.4 Å². The smallest absolute Gasteiger partial charge is 0.408 e. The molecule has 0 aliphatic carbocycles. The number of sulfonamides is 1. The molecule has 0 aromatic heterocycles. The highest BCUT2D eigenvalue weighted by Crippen LogP contribution is 2.24. The third-order valence-corrected chi connectivity index (χ3v) is 9.75. The number of aliphatic hydroxyl groups is 1. The van der Waals surface area contributed by atoms with E-state index >= 15 is 0 Å². The second-order valence-corrected chi connectivity index (χ2v) is 14.4. The summed E-state index contributed by atoms with van der Waals surface area (Å²) in [6, 6.07) is 19.3. The van der Waals surface area contributed by atoms with E-state index in [2.05, 4.69) is 16.0 Å². The summed E-state index contributed by atoms with van der Waals surface area (Å²) in [5.41, 5.74) is 1.26. The number of ether oxygens (including phenoxy) is 1. The summed E-state index contributed by atoms with van der Waals surface area (Å²) in [6.45, 7) is 8.08. The van der Waals surface area contributed by atoms with Crippen molar-refractivity contribution in [3.63, 3.8) is 0 Å². The third-order valence-electron chi connectivity index (χ3n) is 7.92. The van der Waals surface area contributed by atoms with Gasteiger partial charge in [0, 0.05) is 20.0 Å². The maximum absolute atomic E-state index is 14.4. The second kappa shape index (κ2) is 18.4. The van der Waals surface area contributed by atoms with E-state index in [9.17, 15) is 32.3 Å². The average Bonchev–Trinajstić information content (AvgIpc) is 3.06. The van der Waals surface area contributed by atoms with Crippen molar-refractivity contribution in [1.29, 1.82) is 0 Å². The molecule has 266 valence electrons. The number of nitrogens with zero attached hydrogens (tertiary/aromatic N) is 1. The summed E-state index contributed by atoms with van der Waals surface area (Å²) in [7, 11) is -4.31. The number of anilines is 1. The molecule has 0 aliphatic heterocycles. The van der Waals surface area contributed by atoms with Crippen LogP contribution in [-0.4, -0.2) is 67.0 Å². The predicted octanol–water partition coefficient (Wildman–Crippen LogP) is 4.86. The highest BCUT2D eigenvalue weighted by atomic mass is 32.2. The standard InChI is InChI=1S/C36H47FN4O7S/c1-6-25(4)34(40-36(45)48-23-28-15-11-8-12-16-28)35(44)39-32(19-27-13-9-7-10-14-27)33(43)22-41(21-24(2)3)49(46,47)29-17-18-30(37)31(20-29)38-26(5)42/h7-18,20,24-25,32-34,43H,6,19,21-23H2,1-5H3,(H,38,42)(H,39,44)(H,40,45)/t25-,32-,33+,34-/m0/s1. The number of nitrogens with one attached hydrogen (secondary N) is 3. The lowest BCUT2D eigenvalue weighted by Gasteiger charge is -2.32. The molecule has 0 saturated carbocycles. The summed E-state index contributed by atoms with van der Waals surface area (Å²) >= 11 is 0. The van der Waals surface area contributed by atoms with Crippen LogP contribution in [0.15, 0.2) is 83.8 Å². The Morgan fingerprint density at radius 2 is 1.51 bits per heavy atom. The molecular formula is C36H47FN4O7S. The first-order valence-corrected chi connectivity index (χ1v) is 17.7. The first-order chi connectivity index (χ1) is 23.2. The van der Waals surface area contributed by atoms with Gasteiger partial charge in [0.1, 0.15) is 18.5 Å². The van der Waals surface area contributed by atoms with Crippen LogP contribution in [0.4, 0.5) is 14.9 Å². The maximum atomic E-state index is 14.4. The SMILES string of the molecule is CC[C@H](C)[C@H](NC(=O)OCc1ccccc1)C(=O)N[C@@H](Cc1ccccc1)[C@H](O)CN(CC(C)C)S(=O)(=O)c1ccc(F)c(NC(C)=O)c1. The van der Waals surface area contributed by atoms with Crippen molar-refractivity contribution in [3.05, 3.63) is 95.8 Å². The van der Waals surface area contributed by atoms with E-state index in [-0.39, 0.29) is 42.0 Å². The Hall–Kier alpha value is -4.33. The Labute approximate surface area is 288 Å². The number of benzene rings is 3. The highest BCUT2D eigenvalue weighted by Gasteiger charge is 2.34. The van der Waals surface area contributed by atoms with Gasteiger partial charge in [0.15, 0.2) is 0 Å². The van der Waals surface area contributed by atoms with Crippen molar-refractivity contribution >= 4 is 33.6 Å². The van der Waals surface area contributed by atoms with Crippen LogP contribution in [0.5, 0.6) is 0 Å². The van der Waals surface area contributed by atoms with Crippen LogP contribution in [-0.2, 0) is 37.4 Å². The van der Waals surface area contributed by atoms with Gasteiger partial charge in [0.2, 0.25) is 21.8 Å². The van der Waals surface area contributed by atoms with Gasteiger partial charge in [-0.05, 0) is 47.6 Å². The number of halogens is 1. The third kappa shape index (κ3) is 11.9. The quantitative estimate of drug-likeness (QED) is 0.157. The minimum absolute atomic E-state index is 0.00253. The summed E-state index contributed by atoms with van der Waals surface area (Å²) in [4.78, 5) is 37.9. The number of carbonyl (C=O) groups excluding carboxylic acids is 3. The maximum Gasteiger partial charge on any atom is 0.408 e. The summed E-state index contributed by atoms with van der Waals surface area (Å²) < 4.78 is 48.6. The van der Waals surface area contributed by atoms with E-state index in [4.69, 9.17) is 4.74 Å². The van der Waals surface area contributed by atoms with Crippen LogP contribution in [0.2, 0.25) is 0 Å². The number of aliphatic hydroxyl groups excluding tert-OH is 1. The molecule has 3 aromatic rings. The van der Waals surface area contributed by atoms with Gasteiger partial charge in [0.05, 0.1) is 22.7 Å².